The number of hydrogen-bond acceptors (Lipinski definition) is 3. The van der Waals surface area contributed by atoms with E-state index in [1.165, 1.54) is 0 Å². The fraction of sp³-hybridized carbons (Fsp3) is 0.588. The van der Waals surface area contributed by atoms with Crippen LogP contribution in [-0.4, -0.2) is 41.2 Å². The molecule has 21 heavy (non-hydrogen) atoms. The Morgan fingerprint density at radius 2 is 2.14 bits per heavy atom. The van der Waals surface area contributed by atoms with E-state index in [0.717, 1.165) is 11.3 Å². The summed E-state index contributed by atoms with van der Waals surface area (Å²) in [6.07, 6.45) is 1.17. The highest BCUT2D eigenvalue weighted by Gasteiger charge is 2.45. The summed E-state index contributed by atoms with van der Waals surface area (Å²) >= 11 is 0. The van der Waals surface area contributed by atoms with E-state index in [9.17, 15) is 9.90 Å². The summed E-state index contributed by atoms with van der Waals surface area (Å²) in [6.45, 7) is 7.45. The molecule has 0 spiro atoms. The van der Waals surface area contributed by atoms with Crippen molar-refractivity contribution in [2.75, 3.05) is 19.7 Å². The van der Waals surface area contributed by atoms with Crippen LogP contribution < -0.4 is 4.74 Å². The number of hydrogen-bond donors (Lipinski definition) is 1. The van der Waals surface area contributed by atoms with Crippen molar-refractivity contribution in [2.45, 2.75) is 39.2 Å². The van der Waals surface area contributed by atoms with E-state index in [2.05, 4.69) is 0 Å². The quantitative estimate of drug-likeness (QED) is 0.819. The van der Waals surface area contributed by atoms with Gasteiger partial charge in [-0.25, -0.2) is 0 Å². The van der Waals surface area contributed by atoms with E-state index in [-0.39, 0.29) is 11.8 Å². The Labute approximate surface area is 126 Å². The first kappa shape index (κ1) is 15.8. The fourth-order valence-electron chi connectivity index (χ4n) is 2.43. The zero-order valence-corrected chi connectivity index (χ0v) is 13.1. The van der Waals surface area contributed by atoms with Crippen molar-refractivity contribution in [3.05, 3.63) is 29.8 Å². The average molecular weight is 291 g/mol. The third-order valence-electron chi connectivity index (χ3n) is 4.15. The van der Waals surface area contributed by atoms with Crippen LogP contribution in [0.5, 0.6) is 5.75 Å². The number of aliphatic hydroxyl groups is 1. The number of carbonyl (C=O) groups excluding carboxylic acids is 1. The van der Waals surface area contributed by atoms with Crippen LogP contribution in [0.4, 0.5) is 0 Å². The minimum absolute atomic E-state index is 0.105. The maximum atomic E-state index is 12.0. The number of likely N-dealkylation sites (tertiary alicyclic amines) is 1. The second-order valence-corrected chi connectivity index (χ2v) is 6.28. The zero-order chi connectivity index (χ0) is 15.5. The van der Waals surface area contributed by atoms with Gasteiger partial charge in [0.25, 0.3) is 0 Å². The first-order chi connectivity index (χ1) is 9.90. The summed E-state index contributed by atoms with van der Waals surface area (Å²) in [5, 5.41) is 10.1. The maximum Gasteiger partial charge on any atom is 0.222 e. The Kier molecular flexibility index (Phi) is 4.88. The predicted octanol–water partition coefficient (Wildman–Crippen LogP) is 2.38. The predicted molar refractivity (Wildman–Crippen MR) is 82.3 cm³/mol. The number of rotatable bonds is 6. The van der Waals surface area contributed by atoms with Crippen LogP contribution in [0.3, 0.4) is 0 Å². The van der Waals surface area contributed by atoms with Crippen LogP contribution >= 0.6 is 0 Å². The summed E-state index contributed by atoms with van der Waals surface area (Å²) in [5.41, 5.74) is 0.477. The van der Waals surface area contributed by atoms with Gasteiger partial charge in [0.05, 0.1) is 19.7 Å². The lowest BCUT2D eigenvalue weighted by Crippen LogP contribution is -2.65. The van der Waals surface area contributed by atoms with Gasteiger partial charge in [-0.1, -0.05) is 26.0 Å². The van der Waals surface area contributed by atoms with E-state index in [0.29, 0.717) is 32.5 Å². The Morgan fingerprint density at radius 3 is 2.76 bits per heavy atom. The minimum atomic E-state index is -0.687. The molecule has 116 valence electrons. The van der Waals surface area contributed by atoms with Crippen molar-refractivity contribution in [1.29, 1.82) is 0 Å². The summed E-state index contributed by atoms with van der Waals surface area (Å²) in [7, 11) is 0. The first-order valence-corrected chi connectivity index (χ1v) is 7.60. The lowest BCUT2D eigenvalue weighted by Gasteiger charge is -2.49. The second kappa shape index (κ2) is 6.48. The van der Waals surface area contributed by atoms with Gasteiger partial charge in [0.2, 0.25) is 5.91 Å². The van der Waals surface area contributed by atoms with Gasteiger partial charge in [-0.15, -0.1) is 0 Å². The highest BCUT2D eigenvalue weighted by molar-refractivity contribution is 5.77. The van der Waals surface area contributed by atoms with Crippen LogP contribution in [-0.2, 0) is 4.79 Å². The molecule has 2 rings (SSSR count). The molecule has 4 nitrogen and oxygen atoms in total. The van der Waals surface area contributed by atoms with E-state index in [1.54, 1.807) is 4.90 Å². The smallest absolute Gasteiger partial charge is 0.222 e. The molecular formula is C17H25NO3. The standard InChI is InChI=1S/C17H25NO3/c1-13(2)17(20)11-18(12-17)16(19)8-5-9-21-15-7-4-6-14(3)10-15/h4,6-7,10,13,20H,5,8-9,11-12H2,1-3H3. The lowest BCUT2D eigenvalue weighted by atomic mass is 9.83. The van der Waals surface area contributed by atoms with Gasteiger partial charge in [0.1, 0.15) is 11.4 Å². The van der Waals surface area contributed by atoms with Crippen LogP contribution in [0.25, 0.3) is 0 Å². The summed E-state index contributed by atoms with van der Waals surface area (Å²) < 4.78 is 5.63. The minimum Gasteiger partial charge on any atom is -0.494 e. The van der Waals surface area contributed by atoms with Crippen molar-refractivity contribution >= 4 is 5.91 Å². The summed E-state index contributed by atoms with van der Waals surface area (Å²) in [6, 6.07) is 7.89. The SMILES string of the molecule is Cc1cccc(OCCCC(=O)N2CC(O)(C(C)C)C2)c1. The number of amides is 1. The van der Waals surface area contributed by atoms with Gasteiger partial charge in [0.15, 0.2) is 0 Å². The number of carbonyl (C=O) groups is 1. The molecule has 0 unspecified atom stereocenters. The molecule has 0 radical (unpaired) electrons. The molecule has 1 aromatic rings. The zero-order valence-electron chi connectivity index (χ0n) is 13.1. The Hall–Kier alpha value is -1.55. The third-order valence-corrected chi connectivity index (χ3v) is 4.15. The molecule has 1 fully saturated rings. The highest BCUT2D eigenvalue weighted by atomic mass is 16.5. The van der Waals surface area contributed by atoms with Crippen LogP contribution in [0.15, 0.2) is 24.3 Å². The average Bonchev–Trinajstić information content (AvgIpc) is 2.39. The Balaban J connectivity index is 1.65. The lowest BCUT2D eigenvalue weighted by molar-refractivity contribution is -0.163. The van der Waals surface area contributed by atoms with Crippen LogP contribution in [0, 0.1) is 12.8 Å². The summed E-state index contributed by atoms with van der Waals surface area (Å²) in [5.74, 6) is 1.14. The van der Waals surface area contributed by atoms with Gasteiger partial charge in [0, 0.05) is 6.42 Å². The molecule has 4 heteroatoms. The molecule has 1 saturated heterocycles. The normalized spacial score (nSPS) is 16.7. The Bertz CT molecular complexity index is 493. The Morgan fingerprint density at radius 1 is 1.43 bits per heavy atom. The largest absolute Gasteiger partial charge is 0.494 e. The number of aryl methyl sites for hydroxylation is 1. The van der Waals surface area contributed by atoms with Gasteiger partial charge < -0.3 is 14.7 Å². The number of nitrogens with zero attached hydrogens (tertiary/aromatic N) is 1. The number of benzene rings is 1. The van der Waals surface area contributed by atoms with E-state index >= 15 is 0 Å². The number of ether oxygens (including phenoxy) is 1. The second-order valence-electron chi connectivity index (χ2n) is 6.28. The van der Waals surface area contributed by atoms with E-state index in [1.807, 2.05) is 45.0 Å². The number of β-amino-alcohol motifs (C(OH)–C–C–N with tert-alkyl or cyclic N) is 1. The molecule has 1 aromatic carbocycles. The molecule has 1 N–H and O–H groups in total. The van der Waals surface area contributed by atoms with Crippen LogP contribution in [0.2, 0.25) is 0 Å². The monoisotopic (exact) mass is 291 g/mol. The molecule has 1 aliphatic heterocycles. The molecule has 1 amide bonds. The van der Waals surface area contributed by atoms with Crippen molar-refractivity contribution in [3.63, 3.8) is 0 Å². The topological polar surface area (TPSA) is 49.8 Å². The van der Waals surface area contributed by atoms with Crippen LogP contribution in [0.1, 0.15) is 32.3 Å². The molecule has 0 bridgehead atoms. The molecule has 0 aliphatic carbocycles. The van der Waals surface area contributed by atoms with Gasteiger partial charge in [-0.2, -0.15) is 0 Å². The van der Waals surface area contributed by atoms with Gasteiger partial charge in [-0.3, -0.25) is 4.79 Å². The van der Waals surface area contributed by atoms with Crippen molar-refractivity contribution < 1.29 is 14.6 Å². The van der Waals surface area contributed by atoms with Crippen molar-refractivity contribution in [3.8, 4) is 5.75 Å². The van der Waals surface area contributed by atoms with Crippen molar-refractivity contribution in [1.82, 2.24) is 4.90 Å². The van der Waals surface area contributed by atoms with Gasteiger partial charge in [-0.05, 0) is 37.0 Å². The van der Waals surface area contributed by atoms with Crippen molar-refractivity contribution in [2.24, 2.45) is 5.92 Å². The molecule has 1 aliphatic rings. The highest BCUT2D eigenvalue weighted by Crippen LogP contribution is 2.29. The van der Waals surface area contributed by atoms with Gasteiger partial charge >= 0.3 is 0 Å². The molecule has 0 atom stereocenters. The summed E-state index contributed by atoms with van der Waals surface area (Å²) in [4.78, 5) is 13.7. The fourth-order valence-corrected chi connectivity index (χ4v) is 2.43. The molecule has 1 heterocycles. The third kappa shape index (κ3) is 3.97. The molecule has 0 saturated carbocycles. The molecule has 0 aromatic heterocycles. The van der Waals surface area contributed by atoms with E-state index in [4.69, 9.17) is 4.74 Å². The van der Waals surface area contributed by atoms with E-state index < -0.39 is 5.60 Å². The molecular weight excluding hydrogens is 266 g/mol. The maximum absolute atomic E-state index is 12.0. The first-order valence-electron chi connectivity index (χ1n) is 7.60.